The Hall–Kier alpha value is -1.62. The van der Waals surface area contributed by atoms with Crippen molar-refractivity contribution in [2.75, 3.05) is 13.7 Å². The van der Waals surface area contributed by atoms with Gasteiger partial charge in [0.1, 0.15) is 11.2 Å². The van der Waals surface area contributed by atoms with Crippen molar-refractivity contribution in [3.05, 3.63) is 29.0 Å². The lowest BCUT2D eigenvalue weighted by molar-refractivity contribution is -0.145. The molecule has 0 unspecified atom stereocenters. The van der Waals surface area contributed by atoms with Crippen LogP contribution in [0.15, 0.2) is 18.3 Å². The summed E-state index contributed by atoms with van der Waals surface area (Å²) in [5.74, 6) is -0.665. The molecule has 0 radical (unpaired) electrons. The summed E-state index contributed by atoms with van der Waals surface area (Å²) in [6, 6.07) is 2.73. The minimum atomic E-state index is -0.515. The van der Waals surface area contributed by atoms with Crippen molar-refractivity contribution in [3.8, 4) is 0 Å². The zero-order valence-corrected chi connectivity index (χ0v) is 10.7. The lowest BCUT2D eigenvalue weighted by Crippen LogP contribution is -2.41. The number of esters is 1. The second kappa shape index (κ2) is 5.35. The standard InChI is InChI=1S/C12H13ClN2O3/c1-18-12(17)9-5-3-7-15(9)11(16)8-4-2-6-14-10(8)13/h2,4,6,9H,3,5,7H2,1H3/t9-/m0/s1. The predicted molar refractivity (Wildman–Crippen MR) is 65.3 cm³/mol. The molecule has 2 heterocycles. The van der Waals surface area contributed by atoms with Gasteiger partial charge in [-0.3, -0.25) is 4.79 Å². The van der Waals surface area contributed by atoms with Crippen LogP contribution in [-0.4, -0.2) is 41.5 Å². The number of carbonyl (C=O) groups is 2. The summed E-state index contributed by atoms with van der Waals surface area (Å²) in [6.07, 6.45) is 2.92. The topological polar surface area (TPSA) is 59.5 Å². The van der Waals surface area contributed by atoms with E-state index in [0.717, 1.165) is 6.42 Å². The largest absolute Gasteiger partial charge is 0.467 e. The third-order valence-electron chi connectivity index (χ3n) is 2.98. The summed E-state index contributed by atoms with van der Waals surface area (Å²) >= 11 is 5.88. The number of likely N-dealkylation sites (tertiary alicyclic amines) is 1. The van der Waals surface area contributed by atoms with E-state index in [1.165, 1.54) is 18.2 Å². The summed E-state index contributed by atoms with van der Waals surface area (Å²) in [7, 11) is 1.32. The van der Waals surface area contributed by atoms with Gasteiger partial charge in [0, 0.05) is 12.7 Å². The molecule has 0 spiro atoms. The van der Waals surface area contributed by atoms with E-state index >= 15 is 0 Å². The number of carbonyl (C=O) groups excluding carboxylic acids is 2. The van der Waals surface area contributed by atoms with Crippen molar-refractivity contribution < 1.29 is 14.3 Å². The molecule has 0 bridgehead atoms. The van der Waals surface area contributed by atoms with Crippen LogP contribution < -0.4 is 0 Å². The fourth-order valence-electron chi connectivity index (χ4n) is 2.09. The van der Waals surface area contributed by atoms with E-state index in [2.05, 4.69) is 4.98 Å². The first-order valence-corrected chi connectivity index (χ1v) is 6.02. The second-order valence-corrected chi connectivity index (χ2v) is 4.38. The Balaban J connectivity index is 2.23. The zero-order valence-electron chi connectivity index (χ0n) is 9.93. The van der Waals surface area contributed by atoms with E-state index in [0.29, 0.717) is 18.5 Å². The number of nitrogens with zero attached hydrogens (tertiary/aromatic N) is 2. The highest BCUT2D eigenvalue weighted by Gasteiger charge is 2.35. The molecule has 5 nitrogen and oxygen atoms in total. The molecule has 0 aliphatic carbocycles. The summed E-state index contributed by atoms with van der Waals surface area (Å²) in [5, 5.41) is 0.151. The second-order valence-electron chi connectivity index (χ2n) is 4.02. The Kier molecular flexibility index (Phi) is 3.81. The number of rotatable bonds is 2. The number of pyridine rings is 1. The van der Waals surface area contributed by atoms with Gasteiger partial charge in [0.2, 0.25) is 0 Å². The van der Waals surface area contributed by atoms with Crippen molar-refractivity contribution in [3.63, 3.8) is 0 Å². The fraction of sp³-hybridized carbons (Fsp3) is 0.417. The maximum Gasteiger partial charge on any atom is 0.328 e. The molecule has 18 heavy (non-hydrogen) atoms. The number of ether oxygens (including phenoxy) is 1. The normalized spacial score (nSPS) is 18.8. The SMILES string of the molecule is COC(=O)[C@@H]1CCCN1C(=O)c1cccnc1Cl. The monoisotopic (exact) mass is 268 g/mol. The molecule has 1 amide bonds. The number of aromatic nitrogens is 1. The molecular weight excluding hydrogens is 256 g/mol. The van der Waals surface area contributed by atoms with Gasteiger partial charge in [0.15, 0.2) is 0 Å². The lowest BCUT2D eigenvalue weighted by atomic mass is 10.2. The average molecular weight is 269 g/mol. The van der Waals surface area contributed by atoms with Gasteiger partial charge in [-0.2, -0.15) is 0 Å². The molecule has 6 heteroatoms. The summed E-state index contributed by atoms with van der Waals surface area (Å²) < 4.78 is 4.70. The smallest absolute Gasteiger partial charge is 0.328 e. The van der Waals surface area contributed by atoms with Gasteiger partial charge in [0.25, 0.3) is 5.91 Å². The van der Waals surface area contributed by atoms with Gasteiger partial charge < -0.3 is 9.64 Å². The zero-order chi connectivity index (χ0) is 13.1. The molecule has 0 N–H and O–H groups in total. The van der Waals surface area contributed by atoms with Crippen molar-refractivity contribution in [1.29, 1.82) is 0 Å². The van der Waals surface area contributed by atoms with Crippen LogP contribution in [0.4, 0.5) is 0 Å². The van der Waals surface area contributed by atoms with E-state index in [1.54, 1.807) is 12.1 Å². The minimum Gasteiger partial charge on any atom is -0.467 e. The lowest BCUT2D eigenvalue weighted by Gasteiger charge is -2.22. The number of methoxy groups -OCH3 is 1. The van der Waals surface area contributed by atoms with E-state index in [1.807, 2.05) is 0 Å². The molecule has 0 saturated carbocycles. The highest BCUT2D eigenvalue weighted by molar-refractivity contribution is 6.32. The Morgan fingerprint density at radius 3 is 3.00 bits per heavy atom. The van der Waals surface area contributed by atoms with Crippen molar-refractivity contribution >= 4 is 23.5 Å². The van der Waals surface area contributed by atoms with Crippen LogP contribution >= 0.6 is 11.6 Å². The van der Waals surface area contributed by atoms with Gasteiger partial charge in [-0.1, -0.05) is 11.6 Å². The Morgan fingerprint density at radius 1 is 1.56 bits per heavy atom. The van der Waals surface area contributed by atoms with Gasteiger partial charge >= 0.3 is 5.97 Å². The van der Waals surface area contributed by atoms with E-state index in [9.17, 15) is 9.59 Å². The number of amides is 1. The van der Waals surface area contributed by atoms with E-state index < -0.39 is 6.04 Å². The Morgan fingerprint density at radius 2 is 2.33 bits per heavy atom. The van der Waals surface area contributed by atoms with E-state index in [4.69, 9.17) is 16.3 Å². The maximum atomic E-state index is 12.3. The summed E-state index contributed by atoms with van der Waals surface area (Å²) in [6.45, 7) is 0.532. The van der Waals surface area contributed by atoms with Crippen LogP contribution in [0.3, 0.4) is 0 Å². The molecule has 1 aliphatic heterocycles. The number of hydrogen-bond acceptors (Lipinski definition) is 4. The Labute approximate surface area is 110 Å². The van der Waals surface area contributed by atoms with Gasteiger partial charge in [-0.25, -0.2) is 9.78 Å². The number of hydrogen-bond donors (Lipinski definition) is 0. The van der Waals surface area contributed by atoms with Crippen LogP contribution in [0.2, 0.25) is 5.15 Å². The highest BCUT2D eigenvalue weighted by atomic mass is 35.5. The fourth-order valence-corrected chi connectivity index (χ4v) is 2.29. The van der Waals surface area contributed by atoms with Crippen LogP contribution in [0, 0.1) is 0 Å². The molecule has 1 fully saturated rings. The van der Waals surface area contributed by atoms with Crippen LogP contribution in [0.25, 0.3) is 0 Å². The molecular formula is C12H13ClN2O3. The highest BCUT2D eigenvalue weighted by Crippen LogP contribution is 2.23. The maximum absolute atomic E-state index is 12.3. The van der Waals surface area contributed by atoms with Crippen molar-refractivity contribution in [2.24, 2.45) is 0 Å². The summed E-state index contributed by atoms with van der Waals surface area (Å²) in [5.41, 5.74) is 0.315. The van der Waals surface area contributed by atoms with Crippen LogP contribution in [0.1, 0.15) is 23.2 Å². The first-order valence-electron chi connectivity index (χ1n) is 5.64. The van der Waals surface area contributed by atoms with Crippen molar-refractivity contribution in [2.45, 2.75) is 18.9 Å². The molecule has 1 aromatic rings. The molecule has 1 aromatic heterocycles. The molecule has 1 saturated heterocycles. The average Bonchev–Trinajstić information content (AvgIpc) is 2.86. The van der Waals surface area contributed by atoms with Gasteiger partial charge in [-0.05, 0) is 25.0 Å². The molecule has 2 rings (SSSR count). The van der Waals surface area contributed by atoms with Crippen LogP contribution in [-0.2, 0) is 9.53 Å². The first kappa shape index (κ1) is 12.8. The van der Waals surface area contributed by atoms with Crippen LogP contribution in [0.5, 0.6) is 0 Å². The van der Waals surface area contributed by atoms with E-state index in [-0.39, 0.29) is 17.0 Å². The third kappa shape index (κ3) is 2.31. The molecule has 1 atom stereocenters. The summed E-state index contributed by atoms with van der Waals surface area (Å²) in [4.78, 5) is 29.2. The quantitative estimate of drug-likeness (QED) is 0.603. The molecule has 96 valence electrons. The molecule has 1 aliphatic rings. The van der Waals surface area contributed by atoms with Gasteiger partial charge in [0.05, 0.1) is 12.7 Å². The van der Waals surface area contributed by atoms with Crippen molar-refractivity contribution in [1.82, 2.24) is 9.88 Å². The Bertz CT molecular complexity index is 478. The molecule has 0 aromatic carbocycles. The number of halogens is 1. The minimum absolute atomic E-state index is 0.151. The van der Waals surface area contributed by atoms with Gasteiger partial charge in [-0.15, -0.1) is 0 Å². The third-order valence-corrected chi connectivity index (χ3v) is 3.28. The predicted octanol–water partition coefficient (Wildman–Crippen LogP) is 1.51. The first-order chi connectivity index (χ1) is 8.65.